The molecule has 6 nitrogen and oxygen atoms in total. The van der Waals surface area contributed by atoms with E-state index in [1.54, 1.807) is 0 Å². The second-order valence-electron chi connectivity index (χ2n) is 16.2. The Labute approximate surface area is 323 Å². The quantitative estimate of drug-likeness (QED) is 0.0353. The summed E-state index contributed by atoms with van der Waals surface area (Å²) in [4.78, 5) is 37.6. The minimum atomic E-state index is -0.757. The number of esters is 3. The zero-order chi connectivity index (χ0) is 38.2. The lowest BCUT2D eigenvalue weighted by molar-refractivity contribution is -0.167. The Kier molecular flexibility index (Phi) is 39.4. The first kappa shape index (κ1) is 50.4. The van der Waals surface area contributed by atoms with Gasteiger partial charge in [-0.2, -0.15) is 0 Å². The fourth-order valence-corrected chi connectivity index (χ4v) is 6.80. The Balaban J connectivity index is 4.24. The first-order valence-electron chi connectivity index (χ1n) is 22.9. The summed E-state index contributed by atoms with van der Waals surface area (Å²) < 4.78 is 16.7. The molecule has 0 unspecified atom stereocenters. The van der Waals surface area contributed by atoms with Crippen molar-refractivity contribution in [3.8, 4) is 0 Å². The van der Waals surface area contributed by atoms with Crippen LogP contribution in [-0.4, -0.2) is 37.2 Å². The molecule has 6 heteroatoms. The highest BCUT2D eigenvalue weighted by molar-refractivity contribution is 5.71. The van der Waals surface area contributed by atoms with Crippen molar-refractivity contribution in [3.63, 3.8) is 0 Å². The highest BCUT2D eigenvalue weighted by atomic mass is 16.6. The van der Waals surface area contributed by atoms with Crippen LogP contribution in [-0.2, 0) is 28.6 Å². The molecule has 0 aromatic carbocycles. The Morgan fingerprint density at radius 2 is 0.635 bits per heavy atom. The summed E-state index contributed by atoms with van der Waals surface area (Å²) in [5.74, 6) is -0.0187. The molecule has 0 N–H and O–H groups in total. The van der Waals surface area contributed by atoms with Crippen molar-refractivity contribution >= 4 is 17.9 Å². The molecule has 0 aliphatic carbocycles. The van der Waals surface area contributed by atoms with Crippen molar-refractivity contribution in [3.05, 3.63) is 0 Å². The summed E-state index contributed by atoms with van der Waals surface area (Å²) in [7, 11) is 0. The molecule has 0 amide bonds. The van der Waals surface area contributed by atoms with Gasteiger partial charge in [0.1, 0.15) is 13.2 Å². The predicted octanol–water partition coefficient (Wildman–Crippen LogP) is 14.3. The highest BCUT2D eigenvalue weighted by Crippen LogP contribution is 2.16. The van der Waals surface area contributed by atoms with Crippen LogP contribution in [0, 0.1) is 5.92 Å². The van der Waals surface area contributed by atoms with Gasteiger partial charge in [0.05, 0.1) is 0 Å². The maximum absolute atomic E-state index is 12.6. The van der Waals surface area contributed by atoms with E-state index >= 15 is 0 Å². The van der Waals surface area contributed by atoms with Gasteiger partial charge in [0.2, 0.25) is 0 Å². The Morgan fingerprint density at radius 1 is 0.365 bits per heavy atom. The third kappa shape index (κ3) is 39.6. The number of ether oxygens (including phenoxy) is 3. The first-order chi connectivity index (χ1) is 25.4. The lowest BCUT2D eigenvalue weighted by Gasteiger charge is -2.18. The summed E-state index contributed by atoms with van der Waals surface area (Å²) in [6.45, 7) is 8.97. The van der Waals surface area contributed by atoms with Gasteiger partial charge >= 0.3 is 17.9 Å². The molecular weight excluding hydrogens is 649 g/mol. The smallest absolute Gasteiger partial charge is 0.306 e. The molecule has 0 fully saturated rings. The van der Waals surface area contributed by atoms with E-state index in [4.69, 9.17) is 14.2 Å². The Hall–Kier alpha value is -1.59. The van der Waals surface area contributed by atoms with Gasteiger partial charge in [0.15, 0.2) is 6.10 Å². The molecular formula is C46H88O6. The van der Waals surface area contributed by atoms with E-state index in [1.807, 2.05) is 0 Å². The molecule has 0 spiro atoms. The molecule has 0 rings (SSSR count). The van der Waals surface area contributed by atoms with Crippen LogP contribution in [0.1, 0.15) is 252 Å². The third-order valence-electron chi connectivity index (χ3n) is 10.3. The molecule has 0 aromatic heterocycles. The van der Waals surface area contributed by atoms with Gasteiger partial charge in [0.25, 0.3) is 0 Å². The van der Waals surface area contributed by atoms with Crippen LogP contribution in [0.5, 0.6) is 0 Å². The van der Waals surface area contributed by atoms with Crippen molar-refractivity contribution in [1.82, 2.24) is 0 Å². The topological polar surface area (TPSA) is 78.9 Å². The highest BCUT2D eigenvalue weighted by Gasteiger charge is 2.19. The molecule has 52 heavy (non-hydrogen) atoms. The summed E-state index contributed by atoms with van der Waals surface area (Å²) in [6, 6.07) is 0. The normalized spacial score (nSPS) is 11.9. The molecule has 0 radical (unpaired) electrons. The van der Waals surface area contributed by atoms with Crippen LogP contribution in [0.2, 0.25) is 0 Å². The summed E-state index contributed by atoms with van der Waals surface area (Å²) in [5.41, 5.74) is 0. The molecule has 0 bridgehead atoms. The molecule has 0 aliphatic rings. The van der Waals surface area contributed by atoms with Crippen molar-refractivity contribution in [2.45, 2.75) is 259 Å². The zero-order valence-corrected chi connectivity index (χ0v) is 35.3. The molecule has 0 aromatic rings. The predicted molar refractivity (Wildman–Crippen MR) is 220 cm³/mol. The van der Waals surface area contributed by atoms with Crippen molar-refractivity contribution in [1.29, 1.82) is 0 Å². The summed E-state index contributed by atoms with van der Waals surface area (Å²) in [6.07, 6.45) is 39.5. The molecule has 308 valence electrons. The number of carbonyl (C=O) groups is 3. The second-order valence-corrected chi connectivity index (χ2v) is 16.2. The molecule has 0 heterocycles. The minimum Gasteiger partial charge on any atom is -0.462 e. The Bertz CT molecular complexity index is 781. The molecule has 0 saturated heterocycles. The van der Waals surface area contributed by atoms with Gasteiger partial charge in [-0.15, -0.1) is 0 Å². The van der Waals surface area contributed by atoms with Crippen molar-refractivity contribution in [2.24, 2.45) is 5.92 Å². The second kappa shape index (κ2) is 40.6. The number of unbranched alkanes of at least 4 members (excludes halogenated alkanes) is 28. The molecule has 0 aliphatic heterocycles. The van der Waals surface area contributed by atoms with Gasteiger partial charge < -0.3 is 14.2 Å². The van der Waals surface area contributed by atoms with Crippen LogP contribution in [0.4, 0.5) is 0 Å². The minimum absolute atomic E-state index is 0.0639. The Morgan fingerprint density at radius 3 is 0.942 bits per heavy atom. The standard InChI is InChI=1S/C46H88O6/c1-5-7-9-11-13-20-25-29-33-37-44(47)50-40-43(52-46(49)39-35-31-27-21-14-12-10-8-6-2)41-51-45(48)38-34-30-26-23-19-17-15-16-18-22-24-28-32-36-42(3)4/h42-43H,5-41H2,1-4H3/t43-/m1/s1. The number of carbonyl (C=O) groups excluding carboxylic acids is 3. The van der Waals surface area contributed by atoms with E-state index in [9.17, 15) is 14.4 Å². The largest absolute Gasteiger partial charge is 0.462 e. The van der Waals surface area contributed by atoms with Gasteiger partial charge in [-0.25, -0.2) is 0 Å². The average molecular weight is 737 g/mol. The maximum atomic E-state index is 12.6. The van der Waals surface area contributed by atoms with E-state index in [0.29, 0.717) is 19.3 Å². The van der Waals surface area contributed by atoms with Gasteiger partial charge in [-0.3, -0.25) is 14.4 Å². The summed E-state index contributed by atoms with van der Waals surface area (Å²) in [5, 5.41) is 0. The van der Waals surface area contributed by atoms with Crippen molar-refractivity contribution in [2.75, 3.05) is 13.2 Å². The lowest BCUT2D eigenvalue weighted by Crippen LogP contribution is -2.30. The van der Waals surface area contributed by atoms with Gasteiger partial charge in [0, 0.05) is 19.3 Å². The van der Waals surface area contributed by atoms with Gasteiger partial charge in [-0.1, -0.05) is 214 Å². The van der Waals surface area contributed by atoms with Crippen LogP contribution < -0.4 is 0 Å². The SMILES string of the molecule is CCCCCCCCCCCC(=O)OC[C@H](COC(=O)CCCCCCCCCCCCCCCC(C)C)OC(=O)CCCCCCCCCCC. The van der Waals surface area contributed by atoms with Gasteiger partial charge in [-0.05, 0) is 25.2 Å². The van der Waals surface area contributed by atoms with E-state index < -0.39 is 6.10 Å². The fourth-order valence-electron chi connectivity index (χ4n) is 6.80. The molecule has 1 atom stereocenters. The van der Waals surface area contributed by atoms with E-state index in [2.05, 4.69) is 27.7 Å². The van der Waals surface area contributed by atoms with E-state index in [1.165, 1.54) is 148 Å². The van der Waals surface area contributed by atoms with Crippen molar-refractivity contribution < 1.29 is 28.6 Å². The zero-order valence-electron chi connectivity index (χ0n) is 35.3. The van der Waals surface area contributed by atoms with Crippen LogP contribution in [0.15, 0.2) is 0 Å². The summed E-state index contributed by atoms with van der Waals surface area (Å²) >= 11 is 0. The van der Waals surface area contributed by atoms with E-state index in [-0.39, 0.29) is 31.1 Å². The average Bonchev–Trinajstić information content (AvgIpc) is 3.12. The number of hydrogen-bond donors (Lipinski definition) is 0. The lowest BCUT2D eigenvalue weighted by atomic mass is 10.0. The van der Waals surface area contributed by atoms with Crippen LogP contribution in [0.25, 0.3) is 0 Å². The number of hydrogen-bond acceptors (Lipinski definition) is 6. The maximum Gasteiger partial charge on any atom is 0.306 e. The van der Waals surface area contributed by atoms with E-state index in [0.717, 1.165) is 63.7 Å². The monoisotopic (exact) mass is 737 g/mol. The number of rotatable bonds is 41. The van der Waals surface area contributed by atoms with Crippen LogP contribution in [0.3, 0.4) is 0 Å². The van der Waals surface area contributed by atoms with Crippen LogP contribution >= 0.6 is 0 Å². The molecule has 0 saturated carbocycles. The first-order valence-corrected chi connectivity index (χ1v) is 22.9. The fraction of sp³-hybridized carbons (Fsp3) is 0.935. The third-order valence-corrected chi connectivity index (χ3v) is 10.3.